The summed E-state index contributed by atoms with van der Waals surface area (Å²) in [6, 6.07) is 19.0. The van der Waals surface area contributed by atoms with E-state index in [1.54, 1.807) is 5.48 Å². The van der Waals surface area contributed by atoms with Gasteiger partial charge in [0.05, 0.1) is 0 Å². The first-order chi connectivity index (χ1) is 8.81. The van der Waals surface area contributed by atoms with Crippen LogP contribution in [0, 0.1) is 0 Å². The van der Waals surface area contributed by atoms with Crippen molar-refractivity contribution in [3.63, 3.8) is 0 Å². The van der Waals surface area contributed by atoms with E-state index >= 15 is 0 Å². The van der Waals surface area contributed by atoms with E-state index in [2.05, 4.69) is 0 Å². The van der Waals surface area contributed by atoms with Crippen LogP contribution in [0.5, 0.6) is 0 Å². The minimum absolute atomic E-state index is 0.421. The Labute approximate surface area is 110 Å². The number of hydrogen-bond acceptors (Lipinski definition) is 3. The summed E-state index contributed by atoms with van der Waals surface area (Å²) in [7, 11) is 0. The van der Waals surface area contributed by atoms with Gasteiger partial charge < -0.3 is 0 Å². The van der Waals surface area contributed by atoms with Gasteiger partial charge in [-0.25, -0.2) is 5.48 Å². The van der Waals surface area contributed by atoms with Crippen LogP contribution in [0.4, 0.5) is 0 Å². The Morgan fingerprint density at radius 3 is 2.11 bits per heavy atom. The lowest BCUT2D eigenvalue weighted by atomic mass is 10.1. The molecule has 1 amide bonds. The highest BCUT2D eigenvalue weighted by Gasteiger charge is 2.21. The number of carbonyl (C=O) groups is 1. The standard InChI is InChI=1S/C14H13NO2S/c16-14(15-17)13(11-7-3-1-4-8-11)18-12-9-5-2-6-10-12/h1-10,13,17H,(H,15,16). The van der Waals surface area contributed by atoms with Crippen molar-refractivity contribution in [2.75, 3.05) is 0 Å². The molecule has 2 rings (SSSR count). The van der Waals surface area contributed by atoms with Crippen molar-refractivity contribution in [1.29, 1.82) is 0 Å². The van der Waals surface area contributed by atoms with E-state index in [1.807, 2.05) is 60.7 Å². The van der Waals surface area contributed by atoms with Gasteiger partial charge in [-0.1, -0.05) is 48.5 Å². The number of nitrogens with one attached hydrogen (secondary N) is 1. The van der Waals surface area contributed by atoms with Crippen LogP contribution in [-0.2, 0) is 4.79 Å². The van der Waals surface area contributed by atoms with Crippen LogP contribution < -0.4 is 5.48 Å². The molecule has 92 valence electrons. The lowest BCUT2D eigenvalue weighted by molar-refractivity contribution is -0.128. The zero-order valence-electron chi connectivity index (χ0n) is 9.61. The summed E-state index contributed by atoms with van der Waals surface area (Å²) in [4.78, 5) is 12.7. The second kappa shape index (κ2) is 6.23. The summed E-state index contributed by atoms with van der Waals surface area (Å²) in [6.07, 6.45) is 0. The molecule has 0 heterocycles. The van der Waals surface area contributed by atoms with Gasteiger partial charge in [0.25, 0.3) is 5.91 Å². The molecule has 0 spiro atoms. The van der Waals surface area contributed by atoms with Crippen molar-refractivity contribution in [2.45, 2.75) is 10.1 Å². The molecule has 2 aromatic rings. The molecule has 0 aliphatic carbocycles. The minimum Gasteiger partial charge on any atom is -0.289 e. The SMILES string of the molecule is O=C(NO)C(Sc1ccccc1)c1ccccc1. The summed E-state index contributed by atoms with van der Waals surface area (Å²) in [6.45, 7) is 0. The van der Waals surface area contributed by atoms with E-state index in [0.29, 0.717) is 0 Å². The number of hydrogen-bond donors (Lipinski definition) is 2. The fourth-order valence-corrected chi connectivity index (χ4v) is 2.63. The van der Waals surface area contributed by atoms with Crippen molar-refractivity contribution in [3.05, 3.63) is 66.2 Å². The molecule has 2 aromatic carbocycles. The second-order valence-corrected chi connectivity index (χ2v) is 4.88. The Balaban J connectivity index is 2.24. The molecule has 1 atom stereocenters. The third kappa shape index (κ3) is 3.12. The van der Waals surface area contributed by atoms with Gasteiger partial charge in [-0.3, -0.25) is 10.0 Å². The summed E-state index contributed by atoms with van der Waals surface area (Å²) >= 11 is 1.40. The van der Waals surface area contributed by atoms with Crippen molar-refractivity contribution in [2.24, 2.45) is 0 Å². The maximum atomic E-state index is 11.7. The molecule has 0 saturated carbocycles. The van der Waals surface area contributed by atoms with Crippen LogP contribution in [0.15, 0.2) is 65.6 Å². The van der Waals surface area contributed by atoms with E-state index in [4.69, 9.17) is 5.21 Å². The number of rotatable bonds is 4. The third-order valence-corrected chi connectivity index (χ3v) is 3.71. The van der Waals surface area contributed by atoms with Crippen LogP contribution in [-0.4, -0.2) is 11.1 Å². The van der Waals surface area contributed by atoms with Crippen LogP contribution in [0.1, 0.15) is 10.8 Å². The molecule has 3 nitrogen and oxygen atoms in total. The Morgan fingerprint density at radius 2 is 1.56 bits per heavy atom. The van der Waals surface area contributed by atoms with E-state index in [1.165, 1.54) is 11.8 Å². The van der Waals surface area contributed by atoms with Crippen LogP contribution in [0.25, 0.3) is 0 Å². The topological polar surface area (TPSA) is 49.3 Å². The molecule has 0 aliphatic heterocycles. The number of carbonyl (C=O) groups excluding carboxylic acids is 1. The van der Waals surface area contributed by atoms with E-state index in [-0.39, 0.29) is 0 Å². The van der Waals surface area contributed by atoms with Crippen molar-refractivity contribution < 1.29 is 10.0 Å². The van der Waals surface area contributed by atoms with Crippen molar-refractivity contribution in [3.8, 4) is 0 Å². The third-order valence-electron chi connectivity index (χ3n) is 2.45. The molecule has 2 N–H and O–H groups in total. The zero-order chi connectivity index (χ0) is 12.8. The number of thioether (sulfide) groups is 1. The molecule has 0 fully saturated rings. The summed E-state index contributed by atoms with van der Waals surface area (Å²) in [5, 5.41) is 8.37. The van der Waals surface area contributed by atoms with Gasteiger partial charge in [0.15, 0.2) is 0 Å². The van der Waals surface area contributed by atoms with Gasteiger partial charge in [-0.2, -0.15) is 0 Å². The second-order valence-electron chi connectivity index (χ2n) is 3.70. The van der Waals surface area contributed by atoms with Crippen LogP contribution >= 0.6 is 11.8 Å². The normalized spacial score (nSPS) is 11.8. The summed E-state index contributed by atoms with van der Waals surface area (Å²) < 4.78 is 0. The predicted octanol–water partition coefficient (Wildman–Crippen LogP) is 3.03. The fraction of sp³-hybridized carbons (Fsp3) is 0.0714. The molecule has 0 aliphatic rings. The number of benzene rings is 2. The van der Waals surface area contributed by atoms with Crippen LogP contribution in [0.3, 0.4) is 0 Å². The molecule has 1 unspecified atom stereocenters. The minimum atomic E-state index is -0.460. The van der Waals surface area contributed by atoms with Crippen molar-refractivity contribution >= 4 is 17.7 Å². The first-order valence-corrected chi connectivity index (χ1v) is 6.40. The first-order valence-electron chi connectivity index (χ1n) is 5.52. The monoisotopic (exact) mass is 259 g/mol. The number of hydroxylamine groups is 1. The summed E-state index contributed by atoms with van der Waals surface area (Å²) in [5.74, 6) is -0.421. The highest BCUT2D eigenvalue weighted by Crippen LogP contribution is 2.34. The average Bonchev–Trinajstić information content (AvgIpc) is 2.46. The molecule has 0 aromatic heterocycles. The van der Waals surface area contributed by atoms with E-state index in [9.17, 15) is 4.79 Å². The lowest BCUT2D eigenvalue weighted by Crippen LogP contribution is -2.24. The quantitative estimate of drug-likeness (QED) is 0.504. The fourth-order valence-electron chi connectivity index (χ4n) is 1.59. The van der Waals surface area contributed by atoms with Crippen molar-refractivity contribution in [1.82, 2.24) is 5.48 Å². The Hall–Kier alpha value is -1.78. The van der Waals surface area contributed by atoms with Gasteiger partial charge in [0, 0.05) is 4.90 Å². The Morgan fingerprint density at radius 1 is 1.00 bits per heavy atom. The number of amides is 1. The average molecular weight is 259 g/mol. The van der Waals surface area contributed by atoms with Gasteiger partial charge in [0.1, 0.15) is 5.25 Å². The summed E-state index contributed by atoms with van der Waals surface area (Å²) in [5.41, 5.74) is 2.58. The van der Waals surface area contributed by atoms with Gasteiger partial charge in [-0.15, -0.1) is 11.8 Å². The van der Waals surface area contributed by atoms with Gasteiger partial charge in [-0.05, 0) is 17.7 Å². The zero-order valence-corrected chi connectivity index (χ0v) is 10.4. The highest BCUT2D eigenvalue weighted by molar-refractivity contribution is 8.00. The largest absolute Gasteiger partial charge is 0.289 e. The lowest BCUT2D eigenvalue weighted by Gasteiger charge is -2.14. The maximum Gasteiger partial charge on any atom is 0.261 e. The Bertz CT molecular complexity index is 502. The van der Waals surface area contributed by atoms with E-state index in [0.717, 1.165) is 10.5 Å². The molecular formula is C14H13NO2S. The predicted molar refractivity (Wildman–Crippen MR) is 71.4 cm³/mol. The molecule has 0 radical (unpaired) electrons. The Kier molecular flexibility index (Phi) is 4.39. The molecule has 0 bridgehead atoms. The highest BCUT2D eigenvalue weighted by atomic mass is 32.2. The first kappa shape index (κ1) is 12.7. The van der Waals surface area contributed by atoms with E-state index < -0.39 is 11.2 Å². The molecular weight excluding hydrogens is 246 g/mol. The van der Waals surface area contributed by atoms with Gasteiger partial charge in [0.2, 0.25) is 0 Å². The van der Waals surface area contributed by atoms with Gasteiger partial charge >= 0.3 is 0 Å². The molecule has 18 heavy (non-hydrogen) atoms. The molecule has 0 saturated heterocycles. The maximum absolute atomic E-state index is 11.7. The smallest absolute Gasteiger partial charge is 0.261 e. The van der Waals surface area contributed by atoms with Crippen LogP contribution in [0.2, 0.25) is 0 Å². The molecule has 4 heteroatoms.